The zero-order valence-corrected chi connectivity index (χ0v) is 14.7. The van der Waals surface area contributed by atoms with Crippen LogP contribution in [0.2, 0.25) is 0 Å². The summed E-state index contributed by atoms with van der Waals surface area (Å²) in [5, 5.41) is 9.58. The van der Waals surface area contributed by atoms with Crippen LogP contribution in [0.5, 0.6) is 0 Å². The van der Waals surface area contributed by atoms with Gasteiger partial charge in [-0.1, -0.05) is 12.1 Å². The van der Waals surface area contributed by atoms with Crippen LogP contribution in [0.25, 0.3) is 0 Å². The third kappa shape index (κ3) is 3.00. The highest BCUT2D eigenvalue weighted by Crippen LogP contribution is 2.43. The van der Waals surface area contributed by atoms with Gasteiger partial charge in [0, 0.05) is 37.2 Å². The third-order valence-corrected chi connectivity index (χ3v) is 4.96. The number of carbonyl (C=O) groups is 1. The number of benzene rings is 1. The molecule has 0 amide bonds. The van der Waals surface area contributed by atoms with Gasteiger partial charge in [0.25, 0.3) is 0 Å². The molecule has 5 heteroatoms. The molecular weight excluding hydrogens is 314 g/mol. The average molecular weight is 337 g/mol. The van der Waals surface area contributed by atoms with Gasteiger partial charge in [-0.05, 0) is 38.0 Å². The maximum Gasteiger partial charge on any atom is 0.205 e. The van der Waals surface area contributed by atoms with Crippen molar-refractivity contribution < 1.29 is 9.53 Å². The van der Waals surface area contributed by atoms with Crippen molar-refractivity contribution in [3.63, 3.8) is 0 Å². The van der Waals surface area contributed by atoms with Crippen LogP contribution in [0.3, 0.4) is 0 Å². The molecule has 1 heterocycles. The largest absolute Gasteiger partial charge is 0.444 e. The summed E-state index contributed by atoms with van der Waals surface area (Å²) in [6.07, 6.45) is 1.95. The van der Waals surface area contributed by atoms with E-state index in [4.69, 9.17) is 10.5 Å². The number of nitrogens with zero attached hydrogens (tertiary/aromatic N) is 2. The summed E-state index contributed by atoms with van der Waals surface area (Å²) in [7, 11) is 0. The van der Waals surface area contributed by atoms with Crippen LogP contribution in [-0.4, -0.2) is 18.9 Å². The highest BCUT2D eigenvalue weighted by Gasteiger charge is 2.37. The van der Waals surface area contributed by atoms with E-state index in [1.54, 1.807) is 0 Å². The standard InChI is InChI=1S/C20H23N3O2/c1-3-23(4-2)14-10-8-13(9-11-14)18-15(12-21)20(22)25-17-7-5-6-16(24)19(17)18/h8-11,18H,3-7,22H2,1-2H3. The lowest BCUT2D eigenvalue weighted by molar-refractivity contribution is -0.116. The van der Waals surface area contributed by atoms with E-state index in [1.165, 1.54) is 0 Å². The molecule has 2 aliphatic rings. The summed E-state index contributed by atoms with van der Waals surface area (Å²) in [5.74, 6) is 0.381. The molecule has 1 unspecified atom stereocenters. The molecule has 0 bridgehead atoms. The molecule has 1 aromatic carbocycles. The van der Waals surface area contributed by atoms with Gasteiger partial charge in [0.05, 0.1) is 5.92 Å². The molecule has 0 aromatic heterocycles. The molecule has 1 atom stereocenters. The summed E-state index contributed by atoms with van der Waals surface area (Å²) in [6, 6.07) is 10.2. The van der Waals surface area contributed by atoms with Crippen molar-refractivity contribution in [3.05, 3.63) is 52.6 Å². The van der Waals surface area contributed by atoms with Gasteiger partial charge in [0.15, 0.2) is 5.78 Å². The second kappa shape index (κ2) is 7.02. The molecule has 0 fully saturated rings. The van der Waals surface area contributed by atoms with Gasteiger partial charge in [-0.2, -0.15) is 5.26 Å². The van der Waals surface area contributed by atoms with Crippen LogP contribution in [0.15, 0.2) is 47.1 Å². The average Bonchev–Trinajstić information content (AvgIpc) is 2.62. The number of rotatable bonds is 4. The number of nitriles is 1. The van der Waals surface area contributed by atoms with Crippen molar-refractivity contribution >= 4 is 11.5 Å². The van der Waals surface area contributed by atoms with E-state index < -0.39 is 5.92 Å². The molecule has 0 radical (unpaired) electrons. The fourth-order valence-corrected chi connectivity index (χ4v) is 3.66. The van der Waals surface area contributed by atoms with Crippen LogP contribution in [-0.2, 0) is 9.53 Å². The zero-order valence-electron chi connectivity index (χ0n) is 14.7. The Morgan fingerprint density at radius 2 is 1.92 bits per heavy atom. The molecule has 3 rings (SSSR count). The molecule has 130 valence electrons. The number of hydrogen-bond acceptors (Lipinski definition) is 5. The highest BCUT2D eigenvalue weighted by atomic mass is 16.5. The van der Waals surface area contributed by atoms with Gasteiger partial charge in [-0.15, -0.1) is 0 Å². The first-order valence-electron chi connectivity index (χ1n) is 8.79. The normalized spacial score (nSPS) is 20.0. The molecule has 2 N–H and O–H groups in total. The van der Waals surface area contributed by atoms with Gasteiger partial charge in [-0.3, -0.25) is 4.79 Å². The number of hydrogen-bond donors (Lipinski definition) is 1. The molecule has 1 aliphatic carbocycles. The minimum absolute atomic E-state index is 0.0549. The first kappa shape index (κ1) is 17.1. The Kier molecular flexibility index (Phi) is 4.80. The van der Waals surface area contributed by atoms with E-state index in [0.717, 1.165) is 30.8 Å². The highest BCUT2D eigenvalue weighted by molar-refractivity contribution is 5.99. The Morgan fingerprint density at radius 3 is 2.52 bits per heavy atom. The minimum atomic E-state index is -0.424. The van der Waals surface area contributed by atoms with E-state index in [1.807, 2.05) is 24.3 Å². The molecule has 0 spiro atoms. The maximum atomic E-state index is 12.5. The second-order valence-corrected chi connectivity index (χ2v) is 6.30. The number of anilines is 1. The number of carbonyl (C=O) groups excluding carboxylic acids is 1. The number of ether oxygens (including phenoxy) is 1. The van der Waals surface area contributed by atoms with Crippen molar-refractivity contribution in [2.24, 2.45) is 5.73 Å². The Balaban J connectivity index is 2.05. The van der Waals surface area contributed by atoms with E-state index in [9.17, 15) is 10.1 Å². The van der Waals surface area contributed by atoms with E-state index in [2.05, 4.69) is 24.8 Å². The summed E-state index contributed by atoms with van der Waals surface area (Å²) in [6.45, 7) is 6.09. The Hall–Kier alpha value is -2.74. The van der Waals surface area contributed by atoms with Crippen molar-refractivity contribution in [2.75, 3.05) is 18.0 Å². The predicted molar refractivity (Wildman–Crippen MR) is 96.5 cm³/mol. The third-order valence-electron chi connectivity index (χ3n) is 4.96. The summed E-state index contributed by atoms with van der Waals surface area (Å²) >= 11 is 0. The maximum absolute atomic E-state index is 12.5. The van der Waals surface area contributed by atoms with Crippen LogP contribution in [0, 0.1) is 11.3 Å². The summed E-state index contributed by atoms with van der Waals surface area (Å²) in [5.41, 5.74) is 8.93. The van der Waals surface area contributed by atoms with E-state index in [-0.39, 0.29) is 11.7 Å². The Bertz CT molecular complexity index is 780. The minimum Gasteiger partial charge on any atom is -0.444 e. The fraction of sp³-hybridized carbons (Fsp3) is 0.400. The quantitative estimate of drug-likeness (QED) is 0.911. The van der Waals surface area contributed by atoms with Gasteiger partial charge < -0.3 is 15.4 Å². The van der Waals surface area contributed by atoms with Crippen molar-refractivity contribution in [3.8, 4) is 6.07 Å². The topological polar surface area (TPSA) is 79.3 Å². The lowest BCUT2D eigenvalue weighted by atomic mass is 9.77. The molecule has 1 aliphatic heterocycles. The number of Topliss-reactive ketones (excluding diaryl/α,β-unsaturated/α-hetero) is 1. The molecular formula is C20H23N3O2. The number of allylic oxidation sites excluding steroid dienone is 3. The van der Waals surface area contributed by atoms with Crippen LogP contribution >= 0.6 is 0 Å². The lowest BCUT2D eigenvalue weighted by Gasteiger charge is -2.31. The molecule has 25 heavy (non-hydrogen) atoms. The smallest absolute Gasteiger partial charge is 0.205 e. The predicted octanol–water partition coefficient (Wildman–Crippen LogP) is 3.35. The zero-order chi connectivity index (χ0) is 18.0. The summed E-state index contributed by atoms with van der Waals surface area (Å²) < 4.78 is 5.60. The summed E-state index contributed by atoms with van der Waals surface area (Å²) in [4.78, 5) is 14.8. The van der Waals surface area contributed by atoms with E-state index in [0.29, 0.717) is 29.7 Å². The second-order valence-electron chi connectivity index (χ2n) is 6.30. The van der Waals surface area contributed by atoms with Crippen LogP contribution < -0.4 is 10.6 Å². The van der Waals surface area contributed by atoms with Crippen molar-refractivity contribution in [1.82, 2.24) is 0 Å². The van der Waals surface area contributed by atoms with Gasteiger partial charge in [0.2, 0.25) is 5.88 Å². The Morgan fingerprint density at radius 1 is 1.24 bits per heavy atom. The van der Waals surface area contributed by atoms with Gasteiger partial charge >= 0.3 is 0 Å². The van der Waals surface area contributed by atoms with Crippen LogP contribution in [0.1, 0.15) is 44.6 Å². The molecule has 0 saturated carbocycles. The molecule has 5 nitrogen and oxygen atoms in total. The number of ketones is 1. The number of nitrogens with two attached hydrogens (primary N) is 1. The van der Waals surface area contributed by atoms with Crippen molar-refractivity contribution in [1.29, 1.82) is 5.26 Å². The SMILES string of the molecule is CCN(CC)c1ccc(C2C(C#N)=C(N)OC3=C2C(=O)CCC3)cc1. The lowest BCUT2D eigenvalue weighted by Crippen LogP contribution is -2.27. The molecule has 1 aromatic rings. The monoisotopic (exact) mass is 337 g/mol. The van der Waals surface area contributed by atoms with Gasteiger partial charge in [-0.25, -0.2) is 0 Å². The molecule has 0 saturated heterocycles. The Labute approximate surface area is 148 Å². The first-order chi connectivity index (χ1) is 12.1. The fourth-order valence-electron chi connectivity index (χ4n) is 3.66. The first-order valence-corrected chi connectivity index (χ1v) is 8.79. The van der Waals surface area contributed by atoms with E-state index >= 15 is 0 Å². The van der Waals surface area contributed by atoms with Crippen molar-refractivity contribution in [2.45, 2.75) is 39.0 Å². The van der Waals surface area contributed by atoms with Crippen LogP contribution in [0.4, 0.5) is 5.69 Å². The van der Waals surface area contributed by atoms with Gasteiger partial charge in [0.1, 0.15) is 17.4 Å².